The number of hydrogen-bond acceptors (Lipinski definition) is 1. The predicted octanol–water partition coefficient (Wildman–Crippen LogP) is 2.17. The van der Waals surface area contributed by atoms with Crippen molar-refractivity contribution >= 4 is 5.96 Å². The van der Waals surface area contributed by atoms with Crippen LogP contribution in [0.25, 0.3) is 0 Å². The van der Waals surface area contributed by atoms with Crippen LogP contribution in [0.2, 0.25) is 0 Å². The van der Waals surface area contributed by atoms with Crippen molar-refractivity contribution < 1.29 is 0 Å². The van der Waals surface area contributed by atoms with Gasteiger partial charge >= 0.3 is 0 Å². The van der Waals surface area contributed by atoms with Gasteiger partial charge in [0.1, 0.15) is 0 Å². The lowest BCUT2D eigenvalue weighted by atomic mass is 9.79. The number of rotatable bonds is 2. The molecule has 0 radical (unpaired) electrons. The highest BCUT2D eigenvalue weighted by Crippen LogP contribution is 2.30. The van der Waals surface area contributed by atoms with Crippen LogP contribution in [0.3, 0.4) is 0 Å². The molecule has 0 aliphatic heterocycles. The van der Waals surface area contributed by atoms with E-state index in [9.17, 15) is 0 Å². The van der Waals surface area contributed by atoms with Crippen LogP contribution in [0.15, 0.2) is 4.99 Å². The molecule has 3 nitrogen and oxygen atoms in total. The molecule has 0 atom stereocenters. The molecule has 0 saturated heterocycles. The summed E-state index contributed by atoms with van der Waals surface area (Å²) in [5.41, 5.74) is 6.18. The smallest absolute Gasteiger partial charge is 0.189 e. The molecule has 0 unspecified atom stereocenters. The van der Waals surface area contributed by atoms with Gasteiger partial charge in [-0.15, -0.1) is 0 Å². The molecule has 2 fully saturated rings. The first-order valence-electron chi connectivity index (χ1n) is 6.29. The summed E-state index contributed by atoms with van der Waals surface area (Å²) in [5, 5.41) is 3.37. The van der Waals surface area contributed by atoms with Gasteiger partial charge < -0.3 is 11.1 Å². The molecule has 2 saturated carbocycles. The van der Waals surface area contributed by atoms with E-state index < -0.39 is 0 Å². The van der Waals surface area contributed by atoms with E-state index in [0.29, 0.717) is 12.0 Å². The van der Waals surface area contributed by atoms with E-state index in [4.69, 9.17) is 5.73 Å². The van der Waals surface area contributed by atoms with Crippen molar-refractivity contribution in [1.29, 1.82) is 0 Å². The maximum atomic E-state index is 5.94. The summed E-state index contributed by atoms with van der Waals surface area (Å²) in [5.74, 6) is 0.670. The number of nitrogens with one attached hydrogen (secondary N) is 1. The van der Waals surface area contributed by atoms with E-state index >= 15 is 0 Å². The highest BCUT2D eigenvalue weighted by atomic mass is 15.1. The second kappa shape index (κ2) is 4.42. The Kier molecular flexibility index (Phi) is 3.17. The van der Waals surface area contributed by atoms with Crippen LogP contribution >= 0.6 is 0 Å². The minimum absolute atomic E-state index is 0.238. The van der Waals surface area contributed by atoms with E-state index in [1.165, 1.54) is 51.4 Å². The fourth-order valence-corrected chi connectivity index (χ4v) is 2.58. The summed E-state index contributed by atoms with van der Waals surface area (Å²) in [7, 11) is 0. The van der Waals surface area contributed by atoms with Crippen molar-refractivity contribution in [2.45, 2.75) is 69.9 Å². The highest BCUT2D eigenvalue weighted by molar-refractivity contribution is 5.79. The van der Waals surface area contributed by atoms with Crippen LogP contribution < -0.4 is 11.1 Å². The zero-order valence-electron chi connectivity index (χ0n) is 9.76. The topological polar surface area (TPSA) is 50.4 Å². The maximum absolute atomic E-state index is 5.94. The summed E-state index contributed by atoms with van der Waals surface area (Å²) in [6.45, 7) is 2.24. The standard InChI is InChI=1S/C12H23N3/c1-12(8-5-9-12)15-11(13)14-10-6-3-2-4-7-10/h10H,2-9H2,1H3,(H3,13,14,15). The van der Waals surface area contributed by atoms with Crippen molar-refractivity contribution in [2.75, 3.05) is 0 Å². The lowest BCUT2D eigenvalue weighted by Gasteiger charge is -2.39. The Bertz CT molecular complexity index is 237. The van der Waals surface area contributed by atoms with Gasteiger partial charge in [-0.2, -0.15) is 0 Å². The molecule has 0 aromatic carbocycles. The van der Waals surface area contributed by atoms with Gasteiger partial charge in [-0.1, -0.05) is 19.3 Å². The fourth-order valence-electron chi connectivity index (χ4n) is 2.58. The van der Waals surface area contributed by atoms with Crippen LogP contribution in [0.1, 0.15) is 58.3 Å². The monoisotopic (exact) mass is 209 g/mol. The van der Waals surface area contributed by atoms with Gasteiger partial charge in [-0.25, -0.2) is 0 Å². The molecule has 15 heavy (non-hydrogen) atoms. The molecule has 3 heteroatoms. The molecular formula is C12H23N3. The first kappa shape index (κ1) is 10.8. The molecule has 0 heterocycles. The number of aliphatic imine (C=N–C) groups is 1. The van der Waals surface area contributed by atoms with Gasteiger partial charge in [0, 0.05) is 5.54 Å². The number of nitrogens with two attached hydrogens (primary N) is 1. The quantitative estimate of drug-likeness (QED) is 0.541. The van der Waals surface area contributed by atoms with Gasteiger partial charge in [0.05, 0.1) is 6.04 Å². The highest BCUT2D eigenvalue weighted by Gasteiger charge is 2.32. The number of nitrogens with zero attached hydrogens (tertiary/aromatic N) is 1. The SMILES string of the molecule is CC1(NC(N)=NC2CCCCC2)CCC1. The van der Waals surface area contributed by atoms with Gasteiger partial charge in [-0.05, 0) is 39.0 Å². The third-order valence-electron chi connectivity index (χ3n) is 3.78. The van der Waals surface area contributed by atoms with Crippen LogP contribution in [-0.2, 0) is 0 Å². The Morgan fingerprint density at radius 1 is 1.20 bits per heavy atom. The lowest BCUT2D eigenvalue weighted by molar-refractivity contribution is 0.242. The fraction of sp³-hybridized carbons (Fsp3) is 0.917. The first-order chi connectivity index (χ1) is 7.18. The zero-order valence-corrected chi connectivity index (χ0v) is 9.76. The Hall–Kier alpha value is -0.730. The number of guanidine groups is 1. The predicted molar refractivity (Wildman–Crippen MR) is 63.9 cm³/mol. The molecule has 2 aliphatic rings. The van der Waals surface area contributed by atoms with Crippen LogP contribution in [0.4, 0.5) is 0 Å². The van der Waals surface area contributed by atoms with Crippen molar-refractivity contribution in [3.8, 4) is 0 Å². The van der Waals surface area contributed by atoms with Crippen molar-refractivity contribution in [1.82, 2.24) is 5.32 Å². The van der Waals surface area contributed by atoms with Crippen LogP contribution in [0, 0.1) is 0 Å². The molecule has 0 aromatic rings. The van der Waals surface area contributed by atoms with Gasteiger partial charge in [0.15, 0.2) is 5.96 Å². The molecule has 2 rings (SSSR count). The second-order valence-electron chi connectivity index (χ2n) is 5.35. The summed E-state index contributed by atoms with van der Waals surface area (Å²) in [6, 6.07) is 0.481. The molecule has 0 spiro atoms. The Labute approximate surface area is 92.5 Å². The molecule has 0 aromatic heterocycles. The minimum atomic E-state index is 0.238. The summed E-state index contributed by atoms with van der Waals surface area (Å²) in [6.07, 6.45) is 10.2. The normalized spacial score (nSPS) is 27.1. The Morgan fingerprint density at radius 3 is 2.40 bits per heavy atom. The van der Waals surface area contributed by atoms with E-state index in [1.54, 1.807) is 0 Å². The molecule has 3 N–H and O–H groups in total. The minimum Gasteiger partial charge on any atom is -0.370 e. The van der Waals surface area contributed by atoms with E-state index in [0.717, 1.165) is 0 Å². The third kappa shape index (κ3) is 2.86. The van der Waals surface area contributed by atoms with E-state index in [-0.39, 0.29) is 5.54 Å². The largest absolute Gasteiger partial charge is 0.370 e. The molecular weight excluding hydrogens is 186 g/mol. The van der Waals surface area contributed by atoms with E-state index in [2.05, 4.69) is 17.2 Å². The Morgan fingerprint density at radius 2 is 1.87 bits per heavy atom. The first-order valence-corrected chi connectivity index (χ1v) is 6.29. The van der Waals surface area contributed by atoms with Crippen LogP contribution in [-0.4, -0.2) is 17.5 Å². The van der Waals surface area contributed by atoms with E-state index in [1.807, 2.05) is 0 Å². The summed E-state index contributed by atoms with van der Waals surface area (Å²) >= 11 is 0. The van der Waals surface area contributed by atoms with Gasteiger partial charge in [0.2, 0.25) is 0 Å². The second-order valence-corrected chi connectivity index (χ2v) is 5.35. The maximum Gasteiger partial charge on any atom is 0.189 e. The molecule has 86 valence electrons. The van der Waals surface area contributed by atoms with Crippen molar-refractivity contribution in [3.63, 3.8) is 0 Å². The molecule has 0 amide bonds. The zero-order chi connectivity index (χ0) is 10.7. The summed E-state index contributed by atoms with van der Waals surface area (Å²) < 4.78 is 0. The van der Waals surface area contributed by atoms with Crippen LogP contribution in [0.5, 0.6) is 0 Å². The summed E-state index contributed by atoms with van der Waals surface area (Å²) in [4.78, 5) is 4.59. The van der Waals surface area contributed by atoms with Crippen molar-refractivity contribution in [3.05, 3.63) is 0 Å². The van der Waals surface area contributed by atoms with Crippen molar-refractivity contribution in [2.24, 2.45) is 10.7 Å². The molecule has 0 bridgehead atoms. The molecule has 2 aliphatic carbocycles. The number of hydrogen-bond donors (Lipinski definition) is 2. The Balaban J connectivity index is 1.82. The average molecular weight is 209 g/mol. The third-order valence-corrected chi connectivity index (χ3v) is 3.78. The van der Waals surface area contributed by atoms with Gasteiger partial charge in [-0.3, -0.25) is 4.99 Å². The average Bonchev–Trinajstić information content (AvgIpc) is 2.16. The van der Waals surface area contributed by atoms with Gasteiger partial charge in [0.25, 0.3) is 0 Å². The lowest BCUT2D eigenvalue weighted by Crippen LogP contribution is -2.53.